The number of nitrogens with one attached hydrogen (secondary N) is 3. The van der Waals surface area contributed by atoms with E-state index in [9.17, 15) is 28.8 Å². The maximum absolute atomic E-state index is 14.6. The fourth-order valence-corrected chi connectivity index (χ4v) is 12.4. The molecule has 2 aliphatic carbocycles. The maximum atomic E-state index is 14.6. The highest BCUT2D eigenvalue weighted by molar-refractivity contribution is 5.96. The molecule has 8 rings (SSSR count). The molecule has 4 aromatic rings. The average molecular weight is 1030 g/mol. The molecule has 0 spiro atoms. The average Bonchev–Trinajstić information content (AvgIpc) is 4.15. The predicted octanol–water partition coefficient (Wildman–Crippen LogP) is 8.86. The lowest BCUT2D eigenvalue weighted by Gasteiger charge is -2.36. The van der Waals surface area contributed by atoms with Gasteiger partial charge in [0, 0.05) is 68.9 Å². The van der Waals surface area contributed by atoms with Crippen LogP contribution in [0, 0.1) is 11.8 Å². The van der Waals surface area contributed by atoms with Gasteiger partial charge in [-0.15, -0.1) is 0 Å². The molecule has 13 heteroatoms. The fraction of sp³-hybridized carbons (Fsp3) is 0.524. The Morgan fingerprint density at radius 3 is 1.45 bits per heavy atom. The van der Waals surface area contributed by atoms with Crippen molar-refractivity contribution in [2.24, 2.45) is 11.8 Å². The second-order valence-corrected chi connectivity index (χ2v) is 21.9. The van der Waals surface area contributed by atoms with Crippen LogP contribution < -0.4 is 16.0 Å². The van der Waals surface area contributed by atoms with Gasteiger partial charge in [0.2, 0.25) is 23.6 Å². The van der Waals surface area contributed by atoms with Crippen molar-refractivity contribution in [1.29, 1.82) is 0 Å². The Kier molecular flexibility index (Phi) is 20.7. The van der Waals surface area contributed by atoms with Gasteiger partial charge >= 0.3 is 0 Å². The van der Waals surface area contributed by atoms with Crippen LogP contribution in [0.4, 0.5) is 0 Å². The normalized spacial score (nSPS) is 18.9. The van der Waals surface area contributed by atoms with Crippen molar-refractivity contribution in [1.82, 2.24) is 35.6 Å². The predicted molar refractivity (Wildman–Crippen MR) is 299 cm³/mol. The van der Waals surface area contributed by atoms with Crippen LogP contribution >= 0.6 is 0 Å². The molecular formula is C63H83N7O6. The van der Waals surface area contributed by atoms with Crippen molar-refractivity contribution in [3.8, 4) is 11.1 Å². The lowest BCUT2D eigenvalue weighted by Crippen LogP contribution is -2.55. The van der Waals surface area contributed by atoms with E-state index in [1.54, 1.807) is 7.05 Å². The molecule has 406 valence electrons. The number of likely N-dealkylation sites (tertiary alicyclic amines) is 2. The molecule has 4 aromatic carbocycles. The summed E-state index contributed by atoms with van der Waals surface area (Å²) < 4.78 is 0. The molecule has 2 saturated carbocycles. The molecule has 4 fully saturated rings. The SMILES string of the molecule is CCC(=O)NC(C(=O)N1CCCC1CN(CCc1ccccc1)C(=O)c1ccc(-c2ccc(C(=O)N(CCc3ccccc3)CCC3CCCN3C(=O)C(NC(=O)CNC)C3CCCCC3)cc2)cc1)C1CCCCC1. The highest BCUT2D eigenvalue weighted by Gasteiger charge is 2.40. The van der Waals surface area contributed by atoms with Crippen LogP contribution in [-0.2, 0) is 32.0 Å². The largest absolute Gasteiger partial charge is 0.344 e. The molecule has 2 saturated heterocycles. The Bertz CT molecular complexity index is 2510. The van der Waals surface area contributed by atoms with E-state index in [0.717, 1.165) is 112 Å². The monoisotopic (exact) mass is 1030 g/mol. The number of hydrogen-bond acceptors (Lipinski definition) is 7. The third-order valence-corrected chi connectivity index (χ3v) is 16.7. The lowest BCUT2D eigenvalue weighted by atomic mass is 9.83. The van der Waals surface area contributed by atoms with E-state index >= 15 is 0 Å². The summed E-state index contributed by atoms with van der Waals surface area (Å²) in [5.74, 6) is -0.169. The van der Waals surface area contributed by atoms with Gasteiger partial charge < -0.3 is 35.6 Å². The van der Waals surface area contributed by atoms with Gasteiger partial charge in [-0.2, -0.15) is 0 Å². The van der Waals surface area contributed by atoms with Crippen molar-refractivity contribution in [3.63, 3.8) is 0 Å². The van der Waals surface area contributed by atoms with Crippen LogP contribution in [-0.4, -0.2) is 132 Å². The van der Waals surface area contributed by atoms with Crippen molar-refractivity contribution in [2.45, 2.75) is 147 Å². The summed E-state index contributed by atoms with van der Waals surface area (Å²) in [5.41, 5.74) is 5.27. The van der Waals surface area contributed by atoms with Crippen molar-refractivity contribution in [2.75, 3.05) is 52.9 Å². The molecule has 2 heterocycles. The molecule has 0 bridgehead atoms. The minimum absolute atomic E-state index is 0.0111. The molecule has 3 N–H and O–H groups in total. The first-order chi connectivity index (χ1) is 37.1. The molecule has 76 heavy (non-hydrogen) atoms. The third-order valence-electron chi connectivity index (χ3n) is 16.7. The fourth-order valence-electron chi connectivity index (χ4n) is 12.4. The van der Waals surface area contributed by atoms with Gasteiger partial charge in [-0.25, -0.2) is 0 Å². The number of nitrogens with zero attached hydrogens (tertiary/aromatic N) is 4. The second-order valence-electron chi connectivity index (χ2n) is 21.9. The molecule has 4 atom stereocenters. The number of carbonyl (C=O) groups excluding carboxylic acids is 6. The molecule has 4 unspecified atom stereocenters. The van der Waals surface area contributed by atoms with E-state index in [-0.39, 0.29) is 65.9 Å². The van der Waals surface area contributed by atoms with Crippen molar-refractivity contribution >= 4 is 35.4 Å². The van der Waals surface area contributed by atoms with Gasteiger partial charge in [0.25, 0.3) is 11.8 Å². The minimum atomic E-state index is -0.540. The van der Waals surface area contributed by atoms with Crippen LogP contribution in [0.2, 0.25) is 0 Å². The van der Waals surface area contributed by atoms with E-state index in [4.69, 9.17) is 0 Å². The topological polar surface area (TPSA) is 151 Å². The zero-order valence-electron chi connectivity index (χ0n) is 45.3. The zero-order valence-corrected chi connectivity index (χ0v) is 45.3. The lowest BCUT2D eigenvalue weighted by molar-refractivity contribution is -0.139. The quantitative estimate of drug-likeness (QED) is 0.0672. The van der Waals surface area contributed by atoms with Crippen molar-refractivity contribution < 1.29 is 28.8 Å². The first kappa shape index (κ1) is 55.9. The van der Waals surface area contributed by atoms with Gasteiger partial charge in [-0.1, -0.05) is 130 Å². The zero-order chi connectivity index (χ0) is 53.2. The molecule has 6 amide bonds. The van der Waals surface area contributed by atoms with E-state index in [1.165, 1.54) is 0 Å². The van der Waals surface area contributed by atoms with Crippen LogP contribution in [0.25, 0.3) is 11.1 Å². The summed E-state index contributed by atoms with van der Waals surface area (Å²) in [5, 5.41) is 9.14. The number of rotatable bonds is 23. The number of carbonyl (C=O) groups is 6. The van der Waals surface area contributed by atoms with Crippen LogP contribution in [0.15, 0.2) is 109 Å². The second kappa shape index (κ2) is 28.2. The van der Waals surface area contributed by atoms with Gasteiger partial charge in [0.15, 0.2) is 0 Å². The molecule has 0 radical (unpaired) electrons. The minimum Gasteiger partial charge on any atom is -0.344 e. The molecule has 0 aromatic heterocycles. The molecule has 13 nitrogen and oxygen atoms in total. The summed E-state index contributed by atoms with van der Waals surface area (Å²) >= 11 is 0. The number of hydrogen-bond donors (Lipinski definition) is 3. The van der Waals surface area contributed by atoms with Gasteiger partial charge in [-0.05, 0) is 136 Å². The first-order valence-corrected chi connectivity index (χ1v) is 28.8. The Hall–Kier alpha value is -6.34. The van der Waals surface area contributed by atoms with Crippen molar-refractivity contribution in [3.05, 3.63) is 131 Å². The van der Waals surface area contributed by atoms with Gasteiger partial charge in [0.05, 0.1) is 6.54 Å². The highest BCUT2D eigenvalue weighted by Crippen LogP contribution is 2.32. The summed E-state index contributed by atoms with van der Waals surface area (Å²) in [7, 11) is 1.74. The highest BCUT2D eigenvalue weighted by atomic mass is 16.2. The summed E-state index contributed by atoms with van der Waals surface area (Å²) in [6.07, 6.45) is 16.1. The summed E-state index contributed by atoms with van der Waals surface area (Å²) in [6, 6.07) is 34.5. The smallest absolute Gasteiger partial charge is 0.253 e. The Morgan fingerprint density at radius 2 is 0.961 bits per heavy atom. The Labute approximate surface area is 451 Å². The van der Waals surface area contributed by atoms with E-state index in [0.29, 0.717) is 76.1 Å². The summed E-state index contributed by atoms with van der Waals surface area (Å²) in [6.45, 7) is 5.18. The first-order valence-electron chi connectivity index (χ1n) is 28.8. The summed E-state index contributed by atoms with van der Waals surface area (Å²) in [4.78, 5) is 91.3. The maximum Gasteiger partial charge on any atom is 0.253 e. The Morgan fingerprint density at radius 1 is 0.513 bits per heavy atom. The molecular weight excluding hydrogens is 951 g/mol. The standard InChI is InChI=1S/C63H83N7O6/c1-3-56(71)65-58(50-22-12-6-13-23-50)63(76)70-40-17-27-55(70)45-68(42-37-47-20-10-5-11-21-47)61(74)53-34-30-49(31-35-53)48-28-32-52(33-29-48)60(73)67(41-36-46-18-8-4-9-19-46)43-38-54-26-16-39-69(54)62(75)59(66-57(72)44-64-2)51-24-14-7-15-25-51/h4-5,8-11,18-21,28-35,50-51,54-55,58-59,64H,3,6-7,12-17,22-27,36-45H2,1-2H3,(H,65,71)(H,66,72). The van der Waals surface area contributed by atoms with Crippen LogP contribution in [0.5, 0.6) is 0 Å². The third kappa shape index (κ3) is 15.0. The van der Waals surface area contributed by atoms with Crippen LogP contribution in [0.3, 0.4) is 0 Å². The molecule has 4 aliphatic rings. The molecule has 2 aliphatic heterocycles. The van der Waals surface area contributed by atoms with E-state index in [2.05, 4.69) is 40.2 Å². The number of amides is 6. The van der Waals surface area contributed by atoms with Gasteiger partial charge in [0.1, 0.15) is 12.1 Å². The van der Waals surface area contributed by atoms with Crippen LogP contribution in [0.1, 0.15) is 141 Å². The van der Waals surface area contributed by atoms with Gasteiger partial charge in [-0.3, -0.25) is 28.8 Å². The Balaban J connectivity index is 0.945. The number of likely N-dealkylation sites (N-methyl/N-ethyl adjacent to an activating group) is 1. The van der Waals surface area contributed by atoms with E-state index < -0.39 is 12.1 Å². The van der Waals surface area contributed by atoms with E-state index in [1.807, 2.05) is 111 Å². The number of benzene rings is 4.